The summed E-state index contributed by atoms with van der Waals surface area (Å²) in [5.41, 5.74) is 1.78. The van der Waals surface area contributed by atoms with Gasteiger partial charge in [-0.1, -0.05) is 23.7 Å². The van der Waals surface area contributed by atoms with Crippen LogP contribution in [-0.4, -0.2) is 16.1 Å². The lowest BCUT2D eigenvalue weighted by Gasteiger charge is -2.19. The van der Waals surface area contributed by atoms with Crippen molar-refractivity contribution in [1.82, 2.24) is 4.98 Å². The number of aliphatic carboxylic acids is 1. The van der Waals surface area contributed by atoms with Gasteiger partial charge in [0.05, 0.1) is 5.41 Å². The molecule has 0 unspecified atom stereocenters. The van der Waals surface area contributed by atoms with Gasteiger partial charge in [-0.05, 0) is 43.7 Å². The lowest BCUT2D eigenvalue weighted by Crippen LogP contribution is -2.28. The van der Waals surface area contributed by atoms with Crippen LogP contribution in [0.2, 0.25) is 5.02 Å². The molecule has 0 aliphatic carbocycles. The largest absolute Gasteiger partial charge is 0.481 e. The van der Waals surface area contributed by atoms with Gasteiger partial charge in [0.1, 0.15) is 0 Å². The zero-order valence-electron chi connectivity index (χ0n) is 11.2. The lowest BCUT2D eigenvalue weighted by molar-refractivity contribution is -0.142. The topological polar surface area (TPSA) is 53.1 Å². The third kappa shape index (κ3) is 1.86. The molecule has 0 aliphatic heterocycles. The van der Waals surface area contributed by atoms with E-state index in [1.807, 2.05) is 36.4 Å². The molecular formula is C16H14ClNO2. The van der Waals surface area contributed by atoms with Gasteiger partial charge >= 0.3 is 5.97 Å². The minimum absolute atomic E-state index is 0.688. The molecule has 0 saturated heterocycles. The standard InChI is InChI=1S/C16H14ClNO2/c1-16(2,15(19)20)9-3-5-11-12-8-10(17)4-6-13(12)18-14(11)7-9/h3-8,18H,1-2H3,(H,19,20). The van der Waals surface area contributed by atoms with Crippen LogP contribution in [0.15, 0.2) is 36.4 Å². The quantitative estimate of drug-likeness (QED) is 0.737. The Morgan fingerprint density at radius 3 is 2.55 bits per heavy atom. The van der Waals surface area contributed by atoms with Gasteiger partial charge in [-0.25, -0.2) is 0 Å². The second-order valence-corrected chi connectivity index (χ2v) is 5.94. The van der Waals surface area contributed by atoms with Crippen molar-refractivity contribution in [2.75, 3.05) is 0 Å². The van der Waals surface area contributed by atoms with Crippen molar-refractivity contribution in [2.24, 2.45) is 0 Å². The number of carboxylic acids is 1. The highest BCUT2D eigenvalue weighted by Crippen LogP contribution is 2.32. The van der Waals surface area contributed by atoms with E-state index in [2.05, 4.69) is 4.98 Å². The van der Waals surface area contributed by atoms with Gasteiger partial charge in [-0.15, -0.1) is 0 Å². The second-order valence-electron chi connectivity index (χ2n) is 5.51. The molecule has 0 amide bonds. The smallest absolute Gasteiger partial charge is 0.313 e. The van der Waals surface area contributed by atoms with Gasteiger partial charge in [0.15, 0.2) is 0 Å². The summed E-state index contributed by atoms with van der Waals surface area (Å²) in [5, 5.41) is 12.1. The molecule has 3 rings (SSSR count). The summed E-state index contributed by atoms with van der Waals surface area (Å²) >= 11 is 6.03. The number of hydrogen-bond donors (Lipinski definition) is 2. The van der Waals surface area contributed by atoms with Crippen LogP contribution in [0, 0.1) is 0 Å². The molecule has 0 saturated carbocycles. The highest BCUT2D eigenvalue weighted by Gasteiger charge is 2.29. The molecular weight excluding hydrogens is 274 g/mol. The number of hydrogen-bond acceptors (Lipinski definition) is 1. The fraction of sp³-hybridized carbons (Fsp3) is 0.188. The van der Waals surface area contributed by atoms with Gasteiger partial charge in [0.25, 0.3) is 0 Å². The van der Waals surface area contributed by atoms with Gasteiger partial charge < -0.3 is 10.1 Å². The summed E-state index contributed by atoms with van der Waals surface area (Å²) in [6, 6.07) is 11.4. The number of rotatable bonds is 2. The molecule has 0 radical (unpaired) electrons. The number of nitrogens with one attached hydrogen (secondary N) is 1. The number of carbonyl (C=O) groups is 1. The number of halogens is 1. The fourth-order valence-electron chi connectivity index (χ4n) is 2.39. The lowest BCUT2D eigenvalue weighted by atomic mass is 9.84. The number of H-pyrrole nitrogens is 1. The van der Waals surface area contributed by atoms with E-state index in [-0.39, 0.29) is 0 Å². The van der Waals surface area contributed by atoms with Crippen molar-refractivity contribution >= 4 is 39.4 Å². The van der Waals surface area contributed by atoms with Crippen LogP contribution in [0.4, 0.5) is 0 Å². The predicted molar refractivity (Wildman–Crippen MR) is 81.5 cm³/mol. The minimum Gasteiger partial charge on any atom is -0.481 e. The first kappa shape index (κ1) is 13.0. The number of carboxylic acid groups (broad SMARTS) is 1. The molecule has 0 atom stereocenters. The molecule has 2 aromatic carbocycles. The highest BCUT2D eigenvalue weighted by molar-refractivity contribution is 6.31. The molecule has 102 valence electrons. The summed E-state index contributed by atoms with van der Waals surface area (Å²) in [4.78, 5) is 14.7. The average Bonchev–Trinajstić information content (AvgIpc) is 2.75. The summed E-state index contributed by atoms with van der Waals surface area (Å²) in [6.07, 6.45) is 0. The molecule has 3 aromatic rings. The molecule has 20 heavy (non-hydrogen) atoms. The highest BCUT2D eigenvalue weighted by atomic mass is 35.5. The third-order valence-electron chi connectivity index (χ3n) is 3.82. The van der Waals surface area contributed by atoms with Crippen molar-refractivity contribution < 1.29 is 9.90 Å². The fourth-order valence-corrected chi connectivity index (χ4v) is 2.56. The van der Waals surface area contributed by atoms with Crippen molar-refractivity contribution in [3.8, 4) is 0 Å². The van der Waals surface area contributed by atoms with Crippen molar-refractivity contribution in [3.63, 3.8) is 0 Å². The Morgan fingerprint density at radius 1 is 1.10 bits per heavy atom. The monoisotopic (exact) mass is 287 g/mol. The Bertz CT molecular complexity index is 833. The van der Waals surface area contributed by atoms with Crippen molar-refractivity contribution in [1.29, 1.82) is 0 Å². The maximum Gasteiger partial charge on any atom is 0.313 e. The number of benzene rings is 2. The first-order chi connectivity index (χ1) is 9.39. The van der Waals surface area contributed by atoms with Crippen LogP contribution in [0.25, 0.3) is 21.8 Å². The molecule has 0 bridgehead atoms. The van der Waals surface area contributed by atoms with Gasteiger partial charge in [-0.3, -0.25) is 4.79 Å². The Balaban J connectivity index is 2.27. The van der Waals surface area contributed by atoms with Crippen LogP contribution in [0.1, 0.15) is 19.4 Å². The number of fused-ring (bicyclic) bond motifs is 3. The zero-order chi connectivity index (χ0) is 14.5. The average molecular weight is 288 g/mol. The number of aromatic amines is 1. The van der Waals surface area contributed by atoms with Crippen LogP contribution >= 0.6 is 11.6 Å². The normalized spacial score (nSPS) is 12.2. The van der Waals surface area contributed by atoms with Crippen LogP contribution in [0.3, 0.4) is 0 Å². The summed E-state index contributed by atoms with van der Waals surface area (Å²) < 4.78 is 0. The second kappa shape index (κ2) is 4.25. The molecule has 0 aliphatic rings. The first-order valence-corrected chi connectivity index (χ1v) is 6.72. The summed E-state index contributed by atoms with van der Waals surface area (Å²) in [5.74, 6) is -0.837. The molecule has 1 heterocycles. The molecule has 3 nitrogen and oxygen atoms in total. The Labute approximate surface area is 121 Å². The van der Waals surface area contributed by atoms with E-state index in [1.54, 1.807) is 13.8 Å². The molecule has 1 aromatic heterocycles. The van der Waals surface area contributed by atoms with E-state index in [0.717, 1.165) is 27.4 Å². The van der Waals surface area contributed by atoms with Crippen LogP contribution < -0.4 is 0 Å². The van der Waals surface area contributed by atoms with Gasteiger partial charge in [0, 0.05) is 26.8 Å². The molecule has 4 heteroatoms. The van der Waals surface area contributed by atoms with E-state index < -0.39 is 11.4 Å². The number of aromatic nitrogens is 1. The van der Waals surface area contributed by atoms with Crippen LogP contribution in [0.5, 0.6) is 0 Å². The zero-order valence-corrected chi connectivity index (χ0v) is 12.0. The van der Waals surface area contributed by atoms with E-state index in [0.29, 0.717) is 5.02 Å². The molecule has 0 fully saturated rings. The maximum absolute atomic E-state index is 11.3. The Hall–Kier alpha value is -2.00. The third-order valence-corrected chi connectivity index (χ3v) is 4.05. The van der Waals surface area contributed by atoms with Gasteiger partial charge in [-0.2, -0.15) is 0 Å². The molecule has 2 N–H and O–H groups in total. The SMILES string of the molecule is CC(C)(C(=O)O)c1ccc2c(c1)[nH]c1ccc(Cl)cc12. The van der Waals surface area contributed by atoms with E-state index >= 15 is 0 Å². The van der Waals surface area contributed by atoms with E-state index in [4.69, 9.17) is 11.6 Å². The maximum atomic E-state index is 11.3. The summed E-state index contributed by atoms with van der Waals surface area (Å²) in [6.45, 7) is 3.41. The first-order valence-electron chi connectivity index (χ1n) is 6.34. The van der Waals surface area contributed by atoms with Gasteiger partial charge in [0.2, 0.25) is 0 Å². The molecule has 0 spiro atoms. The Morgan fingerprint density at radius 2 is 1.85 bits per heavy atom. The van der Waals surface area contributed by atoms with Crippen molar-refractivity contribution in [3.05, 3.63) is 47.0 Å². The van der Waals surface area contributed by atoms with Crippen molar-refractivity contribution in [2.45, 2.75) is 19.3 Å². The van der Waals surface area contributed by atoms with E-state index in [9.17, 15) is 9.90 Å². The van der Waals surface area contributed by atoms with Crippen LogP contribution in [-0.2, 0) is 10.2 Å². The summed E-state index contributed by atoms with van der Waals surface area (Å²) in [7, 11) is 0. The minimum atomic E-state index is -0.914. The Kier molecular flexibility index (Phi) is 2.76. The predicted octanol–water partition coefficient (Wildman–Crippen LogP) is 4.34. The van der Waals surface area contributed by atoms with E-state index in [1.165, 1.54) is 0 Å².